The zero-order valence-corrected chi connectivity index (χ0v) is 14.2. The number of carbonyl (C=O) groups is 1. The lowest BCUT2D eigenvalue weighted by molar-refractivity contribution is -0.121. The van der Waals surface area contributed by atoms with Gasteiger partial charge in [0.05, 0.1) is 36.6 Å². The van der Waals surface area contributed by atoms with Crippen molar-refractivity contribution < 1.29 is 4.79 Å². The van der Waals surface area contributed by atoms with Gasteiger partial charge >= 0.3 is 0 Å². The van der Waals surface area contributed by atoms with Crippen LogP contribution in [0.25, 0.3) is 0 Å². The normalized spacial score (nSPS) is 11.5. The van der Waals surface area contributed by atoms with Crippen LogP contribution in [0.4, 0.5) is 0 Å². The second kappa shape index (κ2) is 8.58. The third kappa shape index (κ3) is 4.77. The number of carbonyl (C=O) groups excluding carboxylic acids is 1. The van der Waals surface area contributed by atoms with Crippen molar-refractivity contribution in [3.05, 3.63) is 83.7 Å². The molecule has 0 aliphatic carbocycles. The topological polar surface area (TPSA) is 83.6 Å². The highest BCUT2D eigenvalue weighted by Gasteiger charge is 2.16. The first-order valence-corrected chi connectivity index (χ1v) is 8.42. The third-order valence-electron chi connectivity index (χ3n) is 4.07. The summed E-state index contributed by atoms with van der Waals surface area (Å²) in [6.45, 7) is 0.472. The average Bonchev–Trinajstić information content (AvgIpc) is 3.20. The number of amides is 1. The van der Waals surface area contributed by atoms with Crippen molar-refractivity contribution in [1.29, 1.82) is 5.26 Å². The molecule has 6 nitrogen and oxygen atoms in total. The number of rotatable bonds is 7. The van der Waals surface area contributed by atoms with E-state index in [4.69, 9.17) is 5.26 Å². The fourth-order valence-electron chi connectivity index (χ4n) is 2.69. The largest absolute Gasteiger partial charge is 0.347 e. The summed E-state index contributed by atoms with van der Waals surface area (Å²) < 4.78 is 0. The van der Waals surface area contributed by atoms with Crippen LogP contribution in [-0.4, -0.2) is 20.9 Å². The lowest BCUT2D eigenvalue weighted by atomic mass is 10.1. The standard InChI is InChI=1S/C20H19N5O/c21-14-17-8-6-16(7-9-17)10-11-20(26)24-19(15-25-22-12-13-23-25)18-4-2-1-3-5-18/h1-9,12-13,19H,10-11,15H2,(H,24,26)/t19-/m1/s1. The Labute approximate surface area is 152 Å². The van der Waals surface area contributed by atoms with Gasteiger partial charge in [0.15, 0.2) is 0 Å². The first-order chi connectivity index (χ1) is 12.7. The lowest BCUT2D eigenvalue weighted by Gasteiger charge is -2.19. The van der Waals surface area contributed by atoms with Gasteiger partial charge in [-0.2, -0.15) is 20.3 Å². The molecular formula is C20H19N5O. The van der Waals surface area contributed by atoms with Crippen LogP contribution in [-0.2, 0) is 17.8 Å². The van der Waals surface area contributed by atoms with Crippen LogP contribution in [0.5, 0.6) is 0 Å². The highest BCUT2D eigenvalue weighted by atomic mass is 16.1. The van der Waals surface area contributed by atoms with Crippen LogP contribution in [0.15, 0.2) is 67.0 Å². The monoisotopic (exact) mass is 345 g/mol. The minimum absolute atomic E-state index is 0.0321. The van der Waals surface area contributed by atoms with Gasteiger partial charge in [-0.1, -0.05) is 42.5 Å². The number of nitrogens with one attached hydrogen (secondary N) is 1. The number of hydrogen-bond acceptors (Lipinski definition) is 4. The zero-order valence-electron chi connectivity index (χ0n) is 14.2. The molecule has 0 aliphatic rings. The van der Waals surface area contributed by atoms with Crippen LogP contribution in [0, 0.1) is 11.3 Å². The Kier molecular flexibility index (Phi) is 5.73. The molecule has 0 spiro atoms. The van der Waals surface area contributed by atoms with Crippen LogP contribution >= 0.6 is 0 Å². The molecule has 26 heavy (non-hydrogen) atoms. The number of nitrogens with zero attached hydrogens (tertiary/aromatic N) is 4. The van der Waals surface area contributed by atoms with E-state index in [-0.39, 0.29) is 11.9 Å². The third-order valence-corrected chi connectivity index (χ3v) is 4.07. The maximum Gasteiger partial charge on any atom is 0.220 e. The number of hydrogen-bond donors (Lipinski definition) is 1. The summed E-state index contributed by atoms with van der Waals surface area (Å²) in [5.41, 5.74) is 2.66. The molecule has 0 bridgehead atoms. The van der Waals surface area contributed by atoms with Crippen LogP contribution in [0.3, 0.4) is 0 Å². The summed E-state index contributed by atoms with van der Waals surface area (Å²) >= 11 is 0. The molecule has 1 N–H and O–H groups in total. The van der Waals surface area contributed by atoms with E-state index in [0.29, 0.717) is 24.9 Å². The van der Waals surface area contributed by atoms with Gasteiger partial charge in [0, 0.05) is 6.42 Å². The molecule has 0 saturated heterocycles. The number of aromatic nitrogens is 3. The maximum atomic E-state index is 12.4. The summed E-state index contributed by atoms with van der Waals surface area (Å²) in [6, 6.07) is 19.0. The first kappa shape index (κ1) is 17.4. The van der Waals surface area contributed by atoms with Gasteiger partial charge in [-0.15, -0.1) is 0 Å². The van der Waals surface area contributed by atoms with Gasteiger partial charge < -0.3 is 5.32 Å². The molecule has 1 aromatic heterocycles. The average molecular weight is 345 g/mol. The molecule has 0 aliphatic heterocycles. The SMILES string of the molecule is N#Cc1ccc(CCC(=O)N[C@H](Cn2nccn2)c2ccccc2)cc1. The molecule has 1 heterocycles. The van der Waals surface area contributed by atoms with E-state index in [2.05, 4.69) is 21.6 Å². The molecule has 1 atom stereocenters. The smallest absolute Gasteiger partial charge is 0.220 e. The van der Waals surface area contributed by atoms with Crippen molar-refractivity contribution in [2.24, 2.45) is 0 Å². The molecule has 1 amide bonds. The summed E-state index contributed by atoms with van der Waals surface area (Å²) in [5.74, 6) is -0.0321. The highest BCUT2D eigenvalue weighted by Crippen LogP contribution is 2.15. The Morgan fingerprint density at radius 3 is 2.42 bits per heavy atom. The summed E-state index contributed by atoms with van der Waals surface area (Å²) in [7, 11) is 0. The lowest BCUT2D eigenvalue weighted by Crippen LogP contribution is -2.32. The van der Waals surface area contributed by atoms with Gasteiger partial charge in [-0.3, -0.25) is 4.79 Å². The second-order valence-electron chi connectivity index (χ2n) is 5.92. The fraction of sp³-hybridized carbons (Fsp3) is 0.200. The maximum absolute atomic E-state index is 12.4. The van der Waals surface area contributed by atoms with E-state index < -0.39 is 0 Å². The molecular weight excluding hydrogens is 326 g/mol. The van der Waals surface area contributed by atoms with Crippen molar-refractivity contribution in [2.45, 2.75) is 25.4 Å². The van der Waals surface area contributed by atoms with Crippen molar-refractivity contribution in [1.82, 2.24) is 20.3 Å². The van der Waals surface area contributed by atoms with Crippen LogP contribution < -0.4 is 5.32 Å². The summed E-state index contributed by atoms with van der Waals surface area (Å²) in [6.07, 6.45) is 4.24. The predicted octanol–water partition coefficient (Wildman–Crippen LogP) is 2.64. The van der Waals surface area contributed by atoms with Crippen molar-refractivity contribution in [2.75, 3.05) is 0 Å². The minimum atomic E-state index is -0.197. The van der Waals surface area contributed by atoms with E-state index in [1.807, 2.05) is 42.5 Å². The zero-order chi connectivity index (χ0) is 18.2. The van der Waals surface area contributed by atoms with Gasteiger partial charge in [0.2, 0.25) is 5.91 Å². The molecule has 0 unspecified atom stereocenters. The Balaban J connectivity index is 1.62. The van der Waals surface area contributed by atoms with E-state index in [1.54, 1.807) is 29.3 Å². The van der Waals surface area contributed by atoms with Crippen molar-refractivity contribution in [3.63, 3.8) is 0 Å². The quantitative estimate of drug-likeness (QED) is 0.713. The first-order valence-electron chi connectivity index (χ1n) is 8.42. The minimum Gasteiger partial charge on any atom is -0.347 e. The molecule has 6 heteroatoms. The number of benzene rings is 2. The van der Waals surface area contributed by atoms with Crippen LogP contribution in [0.2, 0.25) is 0 Å². The van der Waals surface area contributed by atoms with Crippen LogP contribution in [0.1, 0.15) is 29.2 Å². The van der Waals surface area contributed by atoms with Gasteiger partial charge in [0.25, 0.3) is 0 Å². The van der Waals surface area contributed by atoms with Gasteiger partial charge in [-0.05, 0) is 29.7 Å². The molecule has 0 fully saturated rings. The molecule has 0 saturated carbocycles. The molecule has 0 radical (unpaired) electrons. The van der Waals surface area contributed by atoms with E-state index in [0.717, 1.165) is 11.1 Å². The summed E-state index contributed by atoms with van der Waals surface area (Å²) in [4.78, 5) is 14.0. The predicted molar refractivity (Wildman–Crippen MR) is 96.8 cm³/mol. The van der Waals surface area contributed by atoms with Gasteiger partial charge in [-0.25, -0.2) is 0 Å². The Bertz CT molecular complexity index is 867. The Morgan fingerprint density at radius 1 is 1.08 bits per heavy atom. The van der Waals surface area contributed by atoms with E-state index in [9.17, 15) is 4.79 Å². The molecule has 3 aromatic rings. The molecule has 3 rings (SSSR count). The second-order valence-corrected chi connectivity index (χ2v) is 5.92. The molecule has 130 valence electrons. The van der Waals surface area contributed by atoms with E-state index in [1.165, 1.54) is 0 Å². The molecule has 2 aromatic carbocycles. The number of nitriles is 1. The Morgan fingerprint density at radius 2 is 1.77 bits per heavy atom. The number of aryl methyl sites for hydroxylation is 1. The fourth-order valence-corrected chi connectivity index (χ4v) is 2.69. The van der Waals surface area contributed by atoms with Crippen molar-refractivity contribution >= 4 is 5.91 Å². The summed E-state index contributed by atoms with van der Waals surface area (Å²) in [5, 5.41) is 20.2. The Hall–Kier alpha value is -3.46. The van der Waals surface area contributed by atoms with Gasteiger partial charge in [0.1, 0.15) is 0 Å². The van der Waals surface area contributed by atoms with E-state index >= 15 is 0 Å². The van der Waals surface area contributed by atoms with Crippen molar-refractivity contribution in [3.8, 4) is 6.07 Å². The highest BCUT2D eigenvalue weighted by molar-refractivity contribution is 5.76.